The van der Waals surface area contributed by atoms with Crippen molar-refractivity contribution < 1.29 is 14.7 Å². The number of carbonyl (C=O) groups is 2. The molecule has 6 heteroatoms. The molecular weight excluding hydrogens is 486 g/mol. The highest BCUT2D eigenvalue weighted by atomic mass is 16.3. The third-order valence-electron chi connectivity index (χ3n) is 7.48. The Kier molecular flexibility index (Phi) is 8.23. The minimum absolute atomic E-state index is 0.0202. The molecule has 1 saturated heterocycles. The van der Waals surface area contributed by atoms with Crippen molar-refractivity contribution in [3.8, 4) is 0 Å². The second-order valence-corrected chi connectivity index (χ2v) is 10.5. The van der Waals surface area contributed by atoms with Crippen LogP contribution in [-0.2, 0) is 19.4 Å². The Labute approximate surface area is 229 Å². The molecule has 5 rings (SSSR count). The van der Waals surface area contributed by atoms with E-state index in [1.807, 2.05) is 60.7 Å². The molecule has 0 unspecified atom stereocenters. The fraction of sp³-hybridized carbons (Fsp3) is 0.273. The van der Waals surface area contributed by atoms with E-state index < -0.39 is 0 Å². The van der Waals surface area contributed by atoms with Crippen LogP contribution >= 0.6 is 0 Å². The summed E-state index contributed by atoms with van der Waals surface area (Å²) in [6.45, 7) is 4.36. The Morgan fingerprint density at radius 1 is 0.795 bits per heavy atom. The molecule has 0 bridgehead atoms. The van der Waals surface area contributed by atoms with Crippen LogP contribution in [0.2, 0.25) is 0 Å². The van der Waals surface area contributed by atoms with E-state index in [0.29, 0.717) is 17.8 Å². The highest BCUT2D eigenvalue weighted by Crippen LogP contribution is 2.24. The number of piperidine rings is 1. The zero-order valence-corrected chi connectivity index (χ0v) is 22.3. The summed E-state index contributed by atoms with van der Waals surface area (Å²) < 4.78 is 0. The molecule has 39 heavy (non-hydrogen) atoms. The summed E-state index contributed by atoms with van der Waals surface area (Å²) in [5.74, 6) is 0.893. The van der Waals surface area contributed by atoms with Gasteiger partial charge in [-0.15, -0.1) is 0 Å². The van der Waals surface area contributed by atoms with Crippen LogP contribution in [-0.4, -0.2) is 34.7 Å². The van der Waals surface area contributed by atoms with Gasteiger partial charge in [-0.3, -0.25) is 9.59 Å². The summed E-state index contributed by atoms with van der Waals surface area (Å²) in [6, 6.07) is 27.1. The first kappa shape index (κ1) is 26.4. The molecule has 0 aliphatic carbocycles. The van der Waals surface area contributed by atoms with Gasteiger partial charge in [-0.1, -0.05) is 31.2 Å². The number of aliphatic hydroxyl groups is 1. The fourth-order valence-electron chi connectivity index (χ4n) is 4.97. The van der Waals surface area contributed by atoms with Crippen molar-refractivity contribution in [2.45, 2.75) is 39.2 Å². The first-order chi connectivity index (χ1) is 19.0. The standard InChI is InChI=1S/C33H35N3O3/c1-23-16-18-36(19-17-23)30-13-6-26(7-14-30)32(38)20-24-2-8-27(9-3-24)34-28-10-4-25(5-11-28)21-33(39)31-15-12-29(22-37)35-31/h2-15,23,34-35,37H,16-22H2,1H3. The lowest BCUT2D eigenvalue weighted by atomic mass is 9.98. The number of Topliss-reactive ketones (excluding diaryl/α,β-unsaturated/α-hetero) is 2. The van der Waals surface area contributed by atoms with E-state index in [9.17, 15) is 9.59 Å². The maximum absolute atomic E-state index is 12.9. The Bertz CT molecular complexity index is 1400. The zero-order valence-electron chi connectivity index (χ0n) is 22.3. The van der Waals surface area contributed by atoms with Crippen molar-refractivity contribution in [2.75, 3.05) is 23.3 Å². The van der Waals surface area contributed by atoms with Gasteiger partial charge in [0.1, 0.15) is 0 Å². The van der Waals surface area contributed by atoms with Crippen molar-refractivity contribution >= 4 is 28.6 Å². The molecule has 1 aromatic heterocycles. The molecule has 2 heterocycles. The van der Waals surface area contributed by atoms with E-state index in [0.717, 1.165) is 47.1 Å². The van der Waals surface area contributed by atoms with Crippen molar-refractivity contribution in [1.29, 1.82) is 0 Å². The second kappa shape index (κ2) is 12.1. The van der Waals surface area contributed by atoms with Gasteiger partial charge in [0.25, 0.3) is 0 Å². The van der Waals surface area contributed by atoms with Crippen LogP contribution in [0.25, 0.3) is 0 Å². The molecule has 0 spiro atoms. The monoisotopic (exact) mass is 521 g/mol. The number of carbonyl (C=O) groups excluding carboxylic acids is 2. The summed E-state index contributed by atoms with van der Waals surface area (Å²) >= 11 is 0. The third kappa shape index (κ3) is 6.84. The highest BCUT2D eigenvalue weighted by molar-refractivity contribution is 5.98. The average Bonchev–Trinajstić information content (AvgIpc) is 3.45. The van der Waals surface area contributed by atoms with Gasteiger partial charge in [0.05, 0.1) is 12.3 Å². The SMILES string of the molecule is CC1CCN(c2ccc(C(=O)Cc3ccc(Nc4ccc(CC(=O)c5ccc(CO)[nH]5)cc4)cc3)cc2)CC1. The van der Waals surface area contributed by atoms with Crippen molar-refractivity contribution in [1.82, 2.24) is 4.98 Å². The van der Waals surface area contributed by atoms with Gasteiger partial charge >= 0.3 is 0 Å². The van der Waals surface area contributed by atoms with Crippen LogP contribution in [0.1, 0.15) is 57.4 Å². The number of hydrogen-bond acceptors (Lipinski definition) is 5. The lowest BCUT2D eigenvalue weighted by molar-refractivity contribution is 0.0982. The molecule has 3 aromatic carbocycles. The first-order valence-electron chi connectivity index (χ1n) is 13.6. The van der Waals surface area contributed by atoms with E-state index in [4.69, 9.17) is 5.11 Å². The molecular formula is C33H35N3O3. The molecule has 1 aliphatic heterocycles. The van der Waals surface area contributed by atoms with Crippen LogP contribution < -0.4 is 10.2 Å². The molecule has 0 radical (unpaired) electrons. The van der Waals surface area contributed by atoms with Crippen LogP contribution in [0.3, 0.4) is 0 Å². The van der Waals surface area contributed by atoms with E-state index in [1.165, 1.54) is 18.5 Å². The van der Waals surface area contributed by atoms with Crippen molar-refractivity contribution in [2.24, 2.45) is 5.92 Å². The minimum atomic E-state index is -0.114. The number of aromatic amines is 1. The quantitative estimate of drug-likeness (QED) is 0.212. The summed E-state index contributed by atoms with van der Waals surface area (Å²) in [6.07, 6.45) is 3.10. The predicted octanol–water partition coefficient (Wildman–Crippen LogP) is 6.34. The fourth-order valence-corrected chi connectivity index (χ4v) is 4.97. The van der Waals surface area contributed by atoms with Crippen LogP contribution in [0.15, 0.2) is 84.9 Å². The number of nitrogens with one attached hydrogen (secondary N) is 2. The maximum atomic E-state index is 12.9. The first-order valence-corrected chi connectivity index (χ1v) is 13.6. The molecule has 3 N–H and O–H groups in total. The molecule has 1 fully saturated rings. The van der Waals surface area contributed by atoms with E-state index in [2.05, 4.69) is 34.3 Å². The third-order valence-corrected chi connectivity index (χ3v) is 7.48. The Morgan fingerprint density at radius 2 is 1.36 bits per heavy atom. The summed E-state index contributed by atoms with van der Waals surface area (Å²) in [7, 11) is 0. The van der Waals surface area contributed by atoms with Crippen molar-refractivity contribution in [3.05, 3.63) is 113 Å². The summed E-state index contributed by atoms with van der Waals surface area (Å²) in [5.41, 5.74) is 6.81. The highest BCUT2D eigenvalue weighted by Gasteiger charge is 2.16. The number of aliphatic hydroxyl groups excluding tert-OH is 1. The lowest BCUT2D eigenvalue weighted by Crippen LogP contribution is -2.32. The average molecular weight is 522 g/mol. The predicted molar refractivity (Wildman–Crippen MR) is 156 cm³/mol. The topological polar surface area (TPSA) is 85.4 Å². The molecule has 4 aromatic rings. The van der Waals surface area contributed by atoms with Crippen LogP contribution in [0, 0.1) is 5.92 Å². The van der Waals surface area contributed by atoms with Gasteiger partial charge in [0.2, 0.25) is 0 Å². The molecule has 200 valence electrons. The Hall–Kier alpha value is -4.16. The van der Waals surface area contributed by atoms with Gasteiger partial charge in [0, 0.05) is 54.3 Å². The van der Waals surface area contributed by atoms with E-state index in [-0.39, 0.29) is 24.6 Å². The Morgan fingerprint density at radius 3 is 1.90 bits per heavy atom. The van der Waals surface area contributed by atoms with Gasteiger partial charge in [0.15, 0.2) is 11.6 Å². The van der Waals surface area contributed by atoms with Gasteiger partial charge in [-0.05, 0) is 90.6 Å². The molecule has 6 nitrogen and oxygen atoms in total. The number of ketones is 2. The minimum Gasteiger partial charge on any atom is -0.390 e. The molecule has 0 saturated carbocycles. The van der Waals surface area contributed by atoms with Gasteiger partial charge in [-0.25, -0.2) is 0 Å². The zero-order chi connectivity index (χ0) is 27.2. The number of H-pyrrole nitrogens is 1. The number of nitrogens with zero attached hydrogens (tertiary/aromatic N) is 1. The number of anilines is 3. The van der Waals surface area contributed by atoms with Crippen LogP contribution in [0.4, 0.5) is 17.1 Å². The molecule has 0 atom stereocenters. The van der Waals surface area contributed by atoms with Gasteiger partial charge in [-0.2, -0.15) is 0 Å². The number of rotatable bonds is 10. The second-order valence-electron chi connectivity index (χ2n) is 10.5. The lowest BCUT2D eigenvalue weighted by Gasteiger charge is -2.32. The largest absolute Gasteiger partial charge is 0.390 e. The number of aromatic nitrogens is 1. The van der Waals surface area contributed by atoms with E-state index in [1.54, 1.807) is 12.1 Å². The van der Waals surface area contributed by atoms with Gasteiger partial charge < -0.3 is 20.3 Å². The number of hydrogen-bond donors (Lipinski definition) is 3. The molecule has 1 aliphatic rings. The van der Waals surface area contributed by atoms with Crippen molar-refractivity contribution in [3.63, 3.8) is 0 Å². The van der Waals surface area contributed by atoms with Crippen LogP contribution in [0.5, 0.6) is 0 Å². The summed E-state index contributed by atoms with van der Waals surface area (Å²) in [4.78, 5) is 30.7. The number of benzene rings is 3. The smallest absolute Gasteiger partial charge is 0.183 e. The summed E-state index contributed by atoms with van der Waals surface area (Å²) in [5, 5.41) is 12.5. The Balaban J connectivity index is 1.12. The van der Waals surface area contributed by atoms with E-state index >= 15 is 0 Å². The maximum Gasteiger partial charge on any atom is 0.183 e. The molecule has 0 amide bonds. The normalized spacial score (nSPS) is 13.8.